The minimum atomic E-state index is 0.0910. The number of nitrogens with zero attached hydrogens (tertiary/aromatic N) is 2. The molecule has 0 aliphatic heterocycles. The van der Waals surface area contributed by atoms with Gasteiger partial charge in [-0.1, -0.05) is 36.4 Å². The molecule has 0 aromatic heterocycles. The van der Waals surface area contributed by atoms with Crippen molar-refractivity contribution in [3.05, 3.63) is 107 Å². The maximum Gasteiger partial charge on any atom is 0.166 e. The SMILES string of the molecule is CCOc1cccc(C=Nc2ccc(Cc3ccc(N=Cc4cccc(OCC)c4O)cc3)cc2)c1O. The summed E-state index contributed by atoms with van der Waals surface area (Å²) in [5.41, 5.74) is 5.13. The van der Waals surface area contributed by atoms with Gasteiger partial charge in [0.05, 0.1) is 24.6 Å². The number of hydrogen-bond donors (Lipinski definition) is 2. The Morgan fingerprint density at radius 1 is 0.595 bits per heavy atom. The van der Waals surface area contributed by atoms with E-state index in [-0.39, 0.29) is 11.5 Å². The maximum atomic E-state index is 10.3. The molecule has 6 heteroatoms. The molecule has 188 valence electrons. The van der Waals surface area contributed by atoms with Crippen LogP contribution in [0.2, 0.25) is 0 Å². The largest absolute Gasteiger partial charge is 0.504 e. The van der Waals surface area contributed by atoms with E-state index in [1.807, 2.05) is 74.5 Å². The lowest BCUT2D eigenvalue weighted by Gasteiger charge is -2.07. The summed E-state index contributed by atoms with van der Waals surface area (Å²) in [6, 6.07) is 26.7. The van der Waals surface area contributed by atoms with Crippen molar-refractivity contribution in [2.75, 3.05) is 13.2 Å². The van der Waals surface area contributed by atoms with E-state index >= 15 is 0 Å². The average molecular weight is 495 g/mol. The average Bonchev–Trinajstić information content (AvgIpc) is 2.91. The summed E-state index contributed by atoms with van der Waals surface area (Å²) in [6.45, 7) is 4.72. The van der Waals surface area contributed by atoms with Gasteiger partial charge in [-0.15, -0.1) is 0 Å². The second-order valence-corrected chi connectivity index (χ2v) is 8.28. The molecule has 4 aromatic carbocycles. The van der Waals surface area contributed by atoms with Gasteiger partial charge in [-0.3, -0.25) is 9.98 Å². The molecule has 0 amide bonds. The molecule has 37 heavy (non-hydrogen) atoms. The molecule has 0 aliphatic carbocycles. The van der Waals surface area contributed by atoms with Gasteiger partial charge in [-0.05, 0) is 79.9 Å². The van der Waals surface area contributed by atoms with Crippen LogP contribution in [0.1, 0.15) is 36.1 Å². The second kappa shape index (κ2) is 12.4. The minimum absolute atomic E-state index is 0.0910. The van der Waals surface area contributed by atoms with Crippen molar-refractivity contribution in [2.24, 2.45) is 9.98 Å². The number of rotatable bonds is 10. The number of aliphatic imine (C=N–C) groups is 2. The molecule has 0 saturated carbocycles. The van der Waals surface area contributed by atoms with Crippen LogP contribution in [0, 0.1) is 0 Å². The Hall–Kier alpha value is -4.58. The van der Waals surface area contributed by atoms with Crippen LogP contribution in [0.3, 0.4) is 0 Å². The Bertz CT molecular complexity index is 1270. The summed E-state index contributed by atoms with van der Waals surface area (Å²) in [5, 5.41) is 20.6. The number of aromatic hydroxyl groups is 2. The minimum Gasteiger partial charge on any atom is -0.504 e. The number of phenolic OH excluding ortho intramolecular Hbond substituents is 2. The molecular weight excluding hydrogens is 464 g/mol. The van der Waals surface area contributed by atoms with Crippen LogP contribution in [0.4, 0.5) is 11.4 Å². The molecule has 0 spiro atoms. The van der Waals surface area contributed by atoms with Gasteiger partial charge in [0.1, 0.15) is 0 Å². The molecule has 4 aromatic rings. The lowest BCUT2D eigenvalue weighted by Crippen LogP contribution is -1.93. The zero-order valence-electron chi connectivity index (χ0n) is 21.0. The number of ether oxygens (including phenoxy) is 2. The first-order chi connectivity index (χ1) is 18.1. The fourth-order valence-electron chi connectivity index (χ4n) is 3.75. The Kier molecular flexibility index (Phi) is 8.55. The van der Waals surface area contributed by atoms with Gasteiger partial charge in [-0.25, -0.2) is 0 Å². The summed E-state index contributed by atoms with van der Waals surface area (Å²) in [7, 11) is 0. The van der Waals surface area contributed by atoms with Crippen molar-refractivity contribution >= 4 is 23.8 Å². The number of benzene rings is 4. The first-order valence-corrected chi connectivity index (χ1v) is 12.2. The highest BCUT2D eigenvalue weighted by atomic mass is 16.5. The molecule has 0 unspecified atom stereocenters. The first-order valence-electron chi connectivity index (χ1n) is 12.2. The molecule has 0 fully saturated rings. The number of hydrogen-bond acceptors (Lipinski definition) is 6. The van der Waals surface area contributed by atoms with Crippen molar-refractivity contribution in [3.63, 3.8) is 0 Å². The summed E-state index contributed by atoms with van der Waals surface area (Å²) in [5.74, 6) is 1.08. The highest BCUT2D eigenvalue weighted by molar-refractivity contribution is 5.87. The van der Waals surface area contributed by atoms with Crippen molar-refractivity contribution in [3.8, 4) is 23.0 Å². The summed E-state index contributed by atoms with van der Waals surface area (Å²) < 4.78 is 10.9. The second-order valence-electron chi connectivity index (χ2n) is 8.28. The zero-order valence-corrected chi connectivity index (χ0v) is 21.0. The van der Waals surface area contributed by atoms with Gasteiger partial charge in [-0.2, -0.15) is 0 Å². The smallest absolute Gasteiger partial charge is 0.166 e. The van der Waals surface area contributed by atoms with E-state index in [1.165, 1.54) is 0 Å². The van der Waals surface area contributed by atoms with Crippen LogP contribution in [0.5, 0.6) is 23.0 Å². The Labute approximate surface area is 217 Å². The van der Waals surface area contributed by atoms with E-state index in [9.17, 15) is 10.2 Å². The molecule has 0 radical (unpaired) electrons. The molecule has 6 nitrogen and oxygen atoms in total. The van der Waals surface area contributed by atoms with E-state index < -0.39 is 0 Å². The van der Waals surface area contributed by atoms with Crippen LogP contribution < -0.4 is 9.47 Å². The topological polar surface area (TPSA) is 83.6 Å². The van der Waals surface area contributed by atoms with Crippen LogP contribution in [0.15, 0.2) is 94.9 Å². The molecule has 0 saturated heterocycles. The van der Waals surface area contributed by atoms with Gasteiger partial charge < -0.3 is 19.7 Å². The molecule has 0 bridgehead atoms. The predicted molar refractivity (Wildman–Crippen MR) is 149 cm³/mol. The highest BCUT2D eigenvalue weighted by Crippen LogP contribution is 2.30. The standard InChI is InChI=1S/C31H30N2O4/c1-3-36-28-9-5-7-24(30(28)34)20-32-26-15-11-22(12-16-26)19-23-13-17-27(18-14-23)33-21-25-8-6-10-29(31(25)35)37-4-2/h5-18,20-21,34-35H,3-4,19H2,1-2H3. The van der Waals surface area contributed by atoms with Crippen molar-refractivity contribution in [1.82, 2.24) is 0 Å². The van der Waals surface area contributed by atoms with Crippen molar-refractivity contribution in [2.45, 2.75) is 20.3 Å². The van der Waals surface area contributed by atoms with E-state index in [0.717, 1.165) is 28.9 Å². The monoisotopic (exact) mass is 494 g/mol. The lowest BCUT2D eigenvalue weighted by molar-refractivity contribution is 0.318. The fourth-order valence-corrected chi connectivity index (χ4v) is 3.75. The van der Waals surface area contributed by atoms with Crippen molar-refractivity contribution < 1.29 is 19.7 Å². The third kappa shape index (κ3) is 6.76. The molecular formula is C31H30N2O4. The normalized spacial score (nSPS) is 11.3. The van der Waals surface area contributed by atoms with E-state index in [4.69, 9.17) is 9.47 Å². The highest BCUT2D eigenvalue weighted by Gasteiger charge is 2.07. The molecule has 4 rings (SSSR count). The Morgan fingerprint density at radius 2 is 1.00 bits per heavy atom. The summed E-state index contributed by atoms with van der Waals surface area (Å²) in [6.07, 6.45) is 4.06. The third-order valence-electron chi connectivity index (χ3n) is 5.65. The van der Waals surface area contributed by atoms with Gasteiger partial charge in [0.15, 0.2) is 23.0 Å². The van der Waals surface area contributed by atoms with Gasteiger partial charge in [0.2, 0.25) is 0 Å². The quantitative estimate of drug-likeness (QED) is 0.233. The van der Waals surface area contributed by atoms with Gasteiger partial charge in [0, 0.05) is 23.6 Å². The van der Waals surface area contributed by atoms with E-state index in [0.29, 0.717) is 35.8 Å². The number of para-hydroxylation sites is 2. The van der Waals surface area contributed by atoms with Crippen LogP contribution in [0.25, 0.3) is 0 Å². The maximum absolute atomic E-state index is 10.3. The molecule has 2 N–H and O–H groups in total. The van der Waals surface area contributed by atoms with E-state index in [1.54, 1.807) is 36.7 Å². The zero-order chi connectivity index (χ0) is 26.0. The van der Waals surface area contributed by atoms with Crippen LogP contribution in [-0.2, 0) is 6.42 Å². The van der Waals surface area contributed by atoms with E-state index in [2.05, 4.69) is 9.98 Å². The third-order valence-corrected chi connectivity index (χ3v) is 5.65. The van der Waals surface area contributed by atoms with Gasteiger partial charge >= 0.3 is 0 Å². The molecule has 0 atom stereocenters. The Morgan fingerprint density at radius 3 is 1.38 bits per heavy atom. The Balaban J connectivity index is 1.37. The predicted octanol–water partition coefficient (Wildman–Crippen LogP) is 6.99. The number of phenols is 2. The van der Waals surface area contributed by atoms with Crippen LogP contribution in [-0.4, -0.2) is 35.9 Å². The lowest BCUT2D eigenvalue weighted by atomic mass is 10.0. The fraction of sp³-hybridized carbons (Fsp3) is 0.161. The van der Waals surface area contributed by atoms with Crippen molar-refractivity contribution in [1.29, 1.82) is 0 Å². The molecule has 0 heterocycles. The van der Waals surface area contributed by atoms with Crippen LogP contribution >= 0.6 is 0 Å². The van der Waals surface area contributed by atoms with Gasteiger partial charge in [0.25, 0.3) is 0 Å². The summed E-state index contributed by atoms with van der Waals surface area (Å²) in [4.78, 5) is 8.97. The first kappa shape index (κ1) is 25.5. The molecule has 0 aliphatic rings. The summed E-state index contributed by atoms with van der Waals surface area (Å²) >= 11 is 0.